The van der Waals surface area contributed by atoms with Crippen LogP contribution in [0.3, 0.4) is 0 Å². The van der Waals surface area contributed by atoms with Gasteiger partial charge in [0.2, 0.25) is 5.91 Å². The van der Waals surface area contributed by atoms with Gasteiger partial charge in [-0.1, -0.05) is 26.8 Å². The van der Waals surface area contributed by atoms with Crippen molar-refractivity contribution in [2.24, 2.45) is 11.7 Å². The van der Waals surface area contributed by atoms with Crippen LogP contribution in [0, 0.1) is 5.92 Å². The number of carbonyl (C=O) groups is 1. The molecule has 0 saturated carbocycles. The number of nitrogens with zero attached hydrogens (tertiary/aromatic N) is 1. The third kappa shape index (κ3) is 5.57. The highest BCUT2D eigenvalue weighted by atomic mass is 16.2. The van der Waals surface area contributed by atoms with Crippen molar-refractivity contribution in [1.82, 2.24) is 4.90 Å². The van der Waals surface area contributed by atoms with Gasteiger partial charge in [-0.3, -0.25) is 4.79 Å². The third-order valence-corrected chi connectivity index (χ3v) is 2.20. The number of rotatable bonds is 7. The van der Waals surface area contributed by atoms with Crippen LogP contribution in [0.2, 0.25) is 0 Å². The van der Waals surface area contributed by atoms with Gasteiger partial charge >= 0.3 is 0 Å². The van der Waals surface area contributed by atoms with E-state index < -0.39 is 0 Å². The summed E-state index contributed by atoms with van der Waals surface area (Å²) in [5, 5.41) is 0. The van der Waals surface area contributed by atoms with Crippen molar-refractivity contribution < 1.29 is 4.79 Å². The molecule has 0 aliphatic heterocycles. The average molecular weight is 212 g/mol. The Bertz CT molecular complexity index is 202. The molecule has 0 aromatic carbocycles. The Morgan fingerprint density at radius 1 is 1.53 bits per heavy atom. The molecule has 2 N–H and O–H groups in total. The molecule has 3 heteroatoms. The summed E-state index contributed by atoms with van der Waals surface area (Å²) in [6.07, 6.45) is 3.44. The molecule has 0 rings (SSSR count). The van der Waals surface area contributed by atoms with Crippen molar-refractivity contribution in [2.75, 3.05) is 13.1 Å². The van der Waals surface area contributed by atoms with Crippen LogP contribution in [0.4, 0.5) is 0 Å². The molecule has 0 bridgehead atoms. The summed E-state index contributed by atoms with van der Waals surface area (Å²) in [5.74, 6) is 0.501. The minimum absolute atomic E-state index is 0.0467. The normalized spacial score (nSPS) is 12.6. The fourth-order valence-corrected chi connectivity index (χ4v) is 1.56. The molecule has 88 valence electrons. The smallest absolute Gasteiger partial charge is 0.239 e. The maximum atomic E-state index is 11.9. The second-order valence-electron chi connectivity index (χ2n) is 4.31. The quantitative estimate of drug-likeness (QED) is 0.654. The van der Waals surface area contributed by atoms with E-state index in [9.17, 15) is 4.79 Å². The van der Waals surface area contributed by atoms with Crippen molar-refractivity contribution in [3.63, 3.8) is 0 Å². The van der Waals surface area contributed by atoms with Crippen LogP contribution in [0.15, 0.2) is 12.7 Å². The first-order valence-corrected chi connectivity index (χ1v) is 5.68. The third-order valence-electron chi connectivity index (χ3n) is 2.20. The molecule has 0 unspecified atom stereocenters. The van der Waals surface area contributed by atoms with Gasteiger partial charge in [0.1, 0.15) is 0 Å². The summed E-state index contributed by atoms with van der Waals surface area (Å²) in [4.78, 5) is 13.7. The summed E-state index contributed by atoms with van der Waals surface area (Å²) in [6.45, 7) is 11.2. The predicted molar refractivity (Wildman–Crippen MR) is 64.5 cm³/mol. The van der Waals surface area contributed by atoms with E-state index in [0.29, 0.717) is 12.5 Å². The standard InChI is InChI=1S/C12H24N2O/c1-5-7-14(8-6-2)12(15)11(13)9-10(3)4/h5,10-11H,1,6-9,13H2,2-4H3/t11-/m1/s1. The van der Waals surface area contributed by atoms with E-state index >= 15 is 0 Å². The Hall–Kier alpha value is -0.830. The van der Waals surface area contributed by atoms with Gasteiger partial charge in [0.05, 0.1) is 6.04 Å². The van der Waals surface area contributed by atoms with Crippen molar-refractivity contribution in [3.05, 3.63) is 12.7 Å². The monoisotopic (exact) mass is 212 g/mol. The SMILES string of the molecule is C=CCN(CCC)C(=O)[C@H](N)CC(C)C. The molecule has 0 fully saturated rings. The molecule has 0 aliphatic rings. The molecule has 0 spiro atoms. The van der Waals surface area contributed by atoms with Crippen LogP contribution in [0.5, 0.6) is 0 Å². The molecular formula is C12H24N2O. The fourth-order valence-electron chi connectivity index (χ4n) is 1.56. The lowest BCUT2D eigenvalue weighted by molar-refractivity contribution is -0.132. The van der Waals surface area contributed by atoms with E-state index in [-0.39, 0.29) is 11.9 Å². The van der Waals surface area contributed by atoms with Crippen molar-refractivity contribution >= 4 is 5.91 Å². The molecule has 1 atom stereocenters. The first-order valence-electron chi connectivity index (χ1n) is 5.68. The number of hydrogen-bond donors (Lipinski definition) is 1. The van der Waals surface area contributed by atoms with Gasteiger partial charge in [-0.2, -0.15) is 0 Å². The zero-order valence-corrected chi connectivity index (χ0v) is 10.2. The van der Waals surface area contributed by atoms with Gasteiger partial charge < -0.3 is 10.6 Å². The Kier molecular flexibility index (Phi) is 7.05. The van der Waals surface area contributed by atoms with E-state index in [4.69, 9.17) is 5.73 Å². The van der Waals surface area contributed by atoms with Gasteiger partial charge in [-0.15, -0.1) is 6.58 Å². The first kappa shape index (κ1) is 14.2. The molecule has 0 heterocycles. The maximum absolute atomic E-state index is 11.9. The number of amides is 1. The van der Waals surface area contributed by atoms with Crippen molar-refractivity contribution in [1.29, 1.82) is 0 Å². The van der Waals surface area contributed by atoms with Crippen LogP contribution in [-0.2, 0) is 4.79 Å². The van der Waals surface area contributed by atoms with E-state index in [0.717, 1.165) is 19.4 Å². The molecular weight excluding hydrogens is 188 g/mol. The molecule has 0 saturated heterocycles. The van der Waals surface area contributed by atoms with Crippen LogP contribution < -0.4 is 5.73 Å². The van der Waals surface area contributed by atoms with Gasteiger partial charge in [-0.05, 0) is 18.8 Å². The van der Waals surface area contributed by atoms with Gasteiger partial charge in [-0.25, -0.2) is 0 Å². The second-order valence-corrected chi connectivity index (χ2v) is 4.31. The molecule has 0 aliphatic carbocycles. The van der Waals surface area contributed by atoms with E-state index in [1.807, 2.05) is 0 Å². The minimum atomic E-state index is -0.364. The lowest BCUT2D eigenvalue weighted by Crippen LogP contribution is -2.44. The molecule has 15 heavy (non-hydrogen) atoms. The van der Waals surface area contributed by atoms with Gasteiger partial charge in [0, 0.05) is 13.1 Å². The lowest BCUT2D eigenvalue weighted by atomic mass is 10.0. The maximum Gasteiger partial charge on any atom is 0.239 e. The highest BCUT2D eigenvalue weighted by Crippen LogP contribution is 2.06. The summed E-state index contributed by atoms with van der Waals surface area (Å²) < 4.78 is 0. The van der Waals surface area contributed by atoms with E-state index in [1.165, 1.54) is 0 Å². The molecule has 0 aromatic heterocycles. The van der Waals surface area contributed by atoms with Crippen LogP contribution in [-0.4, -0.2) is 29.9 Å². The number of nitrogens with two attached hydrogens (primary N) is 1. The summed E-state index contributed by atoms with van der Waals surface area (Å²) in [7, 11) is 0. The highest BCUT2D eigenvalue weighted by molar-refractivity contribution is 5.81. The summed E-state index contributed by atoms with van der Waals surface area (Å²) in [5.41, 5.74) is 5.85. The minimum Gasteiger partial charge on any atom is -0.338 e. The average Bonchev–Trinajstić information content (AvgIpc) is 2.15. The fraction of sp³-hybridized carbons (Fsp3) is 0.750. The van der Waals surface area contributed by atoms with Crippen molar-refractivity contribution in [3.8, 4) is 0 Å². The molecule has 0 aromatic rings. The van der Waals surface area contributed by atoms with Gasteiger partial charge in [0.15, 0.2) is 0 Å². The Labute approximate surface area is 93.3 Å². The first-order chi connectivity index (χ1) is 7.02. The summed E-state index contributed by atoms with van der Waals surface area (Å²) >= 11 is 0. The van der Waals surface area contributed by atoms with E-state index in [1.54, 1.807) is 11.0 Å². The van der Waals surface area contributed by atoms with Crippen LogP contribution in [0.25, 0.3) is 0 Å². The van der Waals surface area contributed by atoms with Crippen molar-refractivity contribution in [2.45, 2.75) is 39.7 Å². The van der Waals surface area contributed by atoms with E-state index in [2.05, 4.69) is 27.4 Å². The zero-order chi connectivity index (χ0) is 11.8. The molecule has 1 amide bonds. The number of carbonyl (C=O) groups excluding carboxylic acids is 1. The van der Waals surface area contributed by atoms with Crippen LogP contribution in [0.1, 0.15) is 33.6 Å². The van der Waals surface area contributed by atoms with Gasteiger partial charge in [0.25, 0.3) is 0 Å². The Morgan fingerprint density at radius 2 is 2.13 bits per heavy atom. The highest BCUT2D eigenvalue weighted by Gasteiger charge is 2.20. The Balaban J connectivity index is 4.27. The lowest BCUT2D eigenvalue weighted by Gasteiger charge is -2.24. The summed E-state index contributed by atoms with van der Waals surface area (Å²) in [6, 6.07) is -0.364. The largest absolute Gasteiger partial charge is 0.338 e. The Morgan fingerprint density at radius 3 is 2.53 bits per heavy atom. The topological polar surface area (TPSA) is 46.3 Å². The second kappa shape index (κ2) is 7.46. The zero-order valence-electron chi connectivity index (χ0n) is 10.2. The number of hydrogen-bond acceptors (Lipinski definition) is 2. The molecule has 0 radical (unpaired) electrons. The molecule has 3 nitrogen and oxygen atoms in total. The predicted octanol–water partition coefficient (Wildman–Crippen LogP) is 1.78. The van der Waals surface area contributed by atoms with Crippen LogP contribution >= 0.6 is 0 Å².